The van der Waals surface area contributed by atoms with E-state index >= 15 is 0 Å². The Hall–Kier alpha value is 2.93. The quantitative estimate of drug-likeness (QED) is 0.243. The molecule has 0 saturated carbocycles. The fourth-order valence-electron chi connectivity index (χ4n) is 0. The molecule has 0 aliphatic rings. The molecule has 0 aromatic heterocycles. The van der Waals surface area contributed by atoms with Gasteiger partial charge in [-0.3, -0.25) is 0 Å². The van der Waals surface area contributed by atoms with Crippen LogP contribution < -0.4 is 70.2 Å². The van der Waals surface area contributed by atoms with E-state index in [1.54, 1.807) is 12.5 Å². The van der Waals surface area contributed by atoms with E-state index in [9.17, 15) is 0 Å². The van der Waals surface area contributed by atoms with Crippen LogP contribution in [0.4, 0.5) is 0 Å². The molecule has 0 rings (SSSR count). The molecule has 0 amide bonds. The maximum absolute atomic E-state index is 4.08. The van der Waals surface area contributed by atoms with Gasteiger partial charge in [-0.25, -0.2) is 0 Å². The summed E-state index contributed by atoms with van der Waals surface area (Å²) >= 11 is 8.17. The Morgan fingerprint density at radius 1 is 0.833 bits per heavy atom. The maximum atomic E-state index is 4.08. The summed E-state index contributed by atoms with van der Waals surface area (Å²) in [6.45, 7) is 0. The third-order valence-corrected chi connectivity index (χ3v) is 0. The summed E-state index contributed by atoms with van der Waals surface area (Å²) in [5, 5.41) is 0. The van der Waals surface area contributed by atoms with Crippen LogP contribution in [-0.2, 0) is 25.3 Å². The predicted octanol–water partition coefficient (Wildman–Crippen LogP) is -5.67. The molecule has 0 fully saturated rings. The van der Waals surface area contributed by atoms with Crippen molar-refractivity contribution in [3.63, 3.8) is 0 Å². The normalized spacial score (nSPS) is 2.00. The molecular weight excluding hydrogens is 134 g/mol. The summed E-state index contributed by atoms with van der Waals surface area (Å²) in [5.41, 5.74) is 0. The second-order valence-electron chi connectivity index (χ2n) is 0. The van der Waals surface area contributed by atoms with Gasteiger partial charge in [-0.1, -0.05) is 0 Å². The summed E-state index contributed by atoms with van der Waals surface area (Å²) in [5.74, 6) is 0. The van der Waals surface area contributed by atoms with Crippen molar-refractivity contribution < 1.29 is 70.2 Å². The van der Waals surface area contributed by atoms with Gasteiger partial charge in [0.05, 0.1) is 0 Å². The predicted molar refractivity (Wildman–Crippen MR) is 26.6 cm³/mol. The van der Waals surface area contributed by atoms with Crippen LogP contribution in [0.5, 0.6) is 0 Å². The van der Waals surface area contributed by atoms with Gasteiger partial charge in [0, 0.05) is 0 Å². The zero-order valence-corrected chi connectivity index (χ0v) is 9.57. The van der Waals surface area contributed by atoms with E-state index in [-0.39, 0.29) is 70.2 Å². The zero-order valence-electron chi connectivity index (χ0n) is 4.82. The Labute approximate surface area is 106 Å². The molecule has 0 aromatic carbocycles. The minimum atomic E-state index is 0. The SMILES string of the molecule is C[S-].C[S-].[K+].[Li+]. The zero-order chi connectivity index (χ0) is 4.00. The van der Waals surface area contributed by atoms with Gasteiger partial charge in [-0.2, -0.15) is 12.5 Å². The fraction of sp³-hybridized carbons (Fsp3) is 1.00. The molecule has 0 aromatic rings. The second-order valence-corrected chi connectivity index (χ2v) is 0. The second kappa shape index (κ2) is 44.3. The fourth-order valence-corrected chi connectivity index (χ4v) is 0. The molecule has 0 spiro atoms. The molecule has 0 heterocycles. The standard InChI is InChI=1S/2CH4S.K.Li/c2*1-2;;/h2*2H,1H3;;/q;;2*+1/p-2. The van der Waals surface area contributed by atoms with Crippen molar-refractivity contribution in [1.29, 1.82) is 0 Å². The average Bonchev–Trinajstić information content (AvgIpc) is 1.50. The van der Waals surface area contributed by atoms with Crippen LogP contribution in [-0.4, -0.2) is 12.5 Å². The van der Waals surface area contributed by atoms with Crippen molar-refractivity contribution in [3.8, 4) is 0 Å². The molecule has 4 heteroatoms. The van der Waals surface area contributed by atoms with Crippen molar-refractivity contribution in [3.05, 3.63) is 0 Å². The van der Waals surface area contributed by atoms with Crippen LogP contribution in [0, 0.1) is 0 Å². The van der Waals surface area contributed by atoms with E-state index in [1.807, 2.05) is 0 Å². The summed E-state index contributed by atoms with van der Waals surface area (Å²) in [6.07, 6.45) is 3.17. The van der Waals surface area contributed by atoms with Gasteiger partial charge in [0.2, 0.25) is 0 Å². The monoisotopic (exact) mass is 140 g/mol. The first-order valence-electron chi connectivity index (χ1n) is 0.816. The molecule has 0 radical (unpaired) electrons. The van der Waals surface area contributed by atoms with Gasteiger partial charge in [0.15, 0.2) is 0 Å². The van der Waals surface area contributed by atoms with Gasteiger partial charge in [0.25, 0.3) is 0 Å². The largest absolute Gasteiger partial charge is 1.00 e. The Morgan fingerprint density at radius 2 is 0.833 bits per heavy atom. The van der Waals surface area contributed by atoms with Gasteiger partial charge in [0.1, 0.15) is 0 Å². The van der Waals surface area contributed by atoms with E-state index in [2.05, 4.69) is 25.3 Å². The number of rotatable bonds is 0. The van der Waals surface area contributed by atoms with E-state index in [1.165, 1.54) is 0 Å². The van der Waals surface area contributed by atoms with E-state index < -0.39 is 0 Å². The van der Waals surface area contributed by atoms with Gasteiger partial charge >= 0.3 is 70.2 Å². The Bertz CT molecular complexity index is 11.5. The molecular formula is C2H6KLiS2. The van der Waals surface area contributed by atoms with Crippen LogP contribution in [0.3, 0.4) is 0 Å². The Balaban J connectivity index is -0.00000000500. The molecule has 0 saturated heterocycles. The molecule has 0 unspecified atom stereocenters. The summed E-state index contributed by atoms with van der Waals surface area (Å²) in [6, 6.07) is 0. The smallest absolute Gasteiger partial charge is 0.796 e. The minimum absolute atomic E-state index is 0. The van der Waals surface area contributed by atoms with E-state index in [0.29, 0.717) is 0 Å². The molecule has 0 nitrogen and oxygen atoms in total. The first kappa shape index (κ1) is 23.1. The van der Waals surface area contributed by atoms with Crippen molar-refractivity contribution in [2.45, 2.75) is 0 Å². The van der Waals surface area contributed by atoms with Crippen molar-refractivity contribution >= 4 is 25.3 Å². The van der Waals surface area contributed by atoms with Crippen LogP contribution in [0.1, 0.15) is 0 Å². The molecule has 0 aliphatic carbocycles. The van der Waals surface area contributed by atoms with Gasteiger partial charge < -0.3 is 25.3 Å². The summed E-state index contributed by atoms with van der Waals surface area (Å²) in [4.78, 5) is 0. The van der Waals surface area contributed by atoms with Crippen molar-refractivity contribution in [1.82, 2.24) is 0 Å². The van der Waals surface area contributed by atoms with Crippen LogP contribution in [0.2, 0.25) is 0 Å². The van der Waals surface area contributed by atoms with Crippen LogP contribution in [0.15, 0.2) is 0 Å². The summed E-state index contributed by atoms with van der Waals surface area (Å²) in [7, 11) is 0. The Kier molecular flexibility index (Phi) is 171. The van der Waals surface area contributed by atoms with Gasteiger partial charge in [-0.05, 0) is 0 Å². The number of hydrogen-bond donors (Lipinski definition) is 0. The molecule has 28 valence electrons. The molecule has 6 heavy (non-hydrogen) atoms. The first-order chi connectivity index (χ1) is 2.00. The third kappa shape index (κ3) is 28.4. The van der Waals surface area contributed by atoms with Gasteiger partial charge in [-0.15, -0.1) is 0 Å². The van der Waals surface area contributed by atoms with E-state index in [0.717, 1.165) is 0 Å². The minimum Gasteiger partial charge on any atom is -0.796 e. The maximum Gasteiger partial charge on any atom is 1.00 e. The number of hydrogen-bond acceptors (Lipinski definition) is 2. The topological polar surface area (TPSA) is 0 Å². The van der Waals surface area contributed by atoms with Crippen molar-refractivity contribution in [2.24, 2.45) is 0 Å². The molecule has 0 atom stereocenters. The first-order valence-corrected chi connectivity index (χ1v) is 2.45. The molecule has 0 bridgehead atoms. The van der Waals surface area contributed by atoms with E-state index in [4.69, 9.17) is 0 Å². The average molecular weight is 140 g/mol. The Morgan fingerprint density at radius 3 is 0.833 bits per heavy atom. The molecule has 0 aliphatic heterocycles. The van der Waals surface area contributed by atoms with Crippen molar-refractivity contribution in [2.75, 3.05) is 12.5 Å². The summed E-state index contributed by atoms with van der Waals surface area (Å²) < 4.78 is 0. The third-order valence-electron chi connectivity index (χ3n) is 0. The molecule has 0 N–H and O–H groups in total. The van der Waals surface area contributed by atoms with Crippen LogP contribution in [0.25, 0.3) is 0 Å². The van der Waals surface area contributed by atoms with Crippen LogP contribution >= 0.6 is 0 Å².